The molecule has 4 amide bonds. The SMILES string of the molecule is CNC(=O)C1COCCN1C(=O)N[C@@H](CC(N)=O)C(=O)O. The number of urea groups is 1. The number of amides is 4. The maximum atomic E-state index is 12.1. The van der Waals surface area contributed by atoms with E-state index in [1.165, 1.54) is 11.9 Å². The molecule has 5 N–H and O–H groups in total. The van der Waals surface area contributed by atoms with Gasteiger partial charge in [-0.05, 0) is 0 Å². The van der Waals surface area contributed by atoms with Crippen LogP contribution < -0.4 is 16.4 Å². The van der Waals surface area contributed by atoms with Crippen molar-refractivity contribution < 1.29 is 29.0 Å². The summed E-state index contributed by atoms with van der Waals surface area (Å²) in [5.41, 5.74) is 4.93. The fraction of sp³-hybridized carbons (Fsp3) is 0.636. The predicted molar refractivity (Wildman–Crippen MR) is 69.1 cm³/mol. The third-order valence-corrected chi connectivity index (χ3v) is 2.94. The maximum Gasteiger partial charge on any atom is 0.326 e. The predicted octanol–water partition coefficient (Wildman–Crippen LogP) is -2.53. The van der Waals surface area contributed by atoms with Crippen LogP contribution in [0.5, 0.6) is 0 Å². The van der Waals surface area contributed by atoms with Gasteiger partial charge < -0.3 is 31.1 Å². The zero-order valence-corrected chi connectivity index (χ0v) is 11.5. The van der Waals surface area contributed by atoms with E-state index in [4.69, 9.17) is 15.6 Å². The van der Waals surface area contributed by atoms with Gasteiger partial charge in [-0.15, -0.1) is 0 Å². The summed E-state index contributed by atoms with van der Waals surface area (Å²) in [5.74, 6) is -2.66. The van der Waals surface area contributed by atoms with E-state index in [2.05, 4.69) is 10.6 Å². The summed E-state index contributed by atoms with van der Waals surface area (Å²) < 4.78 is 5.13. The van der Waals surface area contributed by atoms with Gasteiger partial charge in [0.2, 0.25) is 11.8 Å². The molecule has 0 spiro atoms. The van der Waals surface area contributed by atoms with Crippen LogP contribution in [0.1, 0.15) is 6.42 Å². The molecule has 1 aliphatic rings. The lowest BCUT2D eigenvalue weighted by molar-refractivity contribution is -0.141. The van der Waals surface area contributed by atoms with Crippen molar-refractivity contribution >= 4 is 23.8 Å². The van der Waals surface area contributed by atoms with E-state index in [0.29, 0.717) is 0 Å². The molecule has 118 valence electrons. The zero-order chi connectivity index (χ0) is 16.0. The van der Waals surface area contributed by atoms with E-state index >= 15 is 0 Å². The Balaban J connectivity index is 2.76. The number of carbonyl (C=O) groups excluding carboxylic acids is 3. The van der Waals surface area contributed by atoms with Gasteiger partial charge in [0.25, 0.3) is 0 Å². The average Bonchev–Trinajstić information content (AvgIpc) is 2.45. The van der Waals surface area contributed by atoms with Crippen molar-refractivity contribution in [2.75, 3.05) is 26.8 Å². The summed E-state index contributed by atoms with van der Waals surface area (Å²) in [5, 5.41) is 13.5. The van der Waals surface area contributed by atoms with Gasteiger partial charge in [0.05, 0.1) is 19.6 Å². The summed E-state index contributed by atoms with van der Waals surface area (Å²) >= 11 is 0. The number of nitrogens with one attached hydrogen (secondary N) is 2. The van der Waals surface area contributed by atoms with Gasteiger partial charge in [-0.1, -0.05) is 0 Å². The lowest BCUT2D eigenvalue weighted by Crippen LogP contribution is -2.60. The van der Waals surface area contributed by atoms with Crippen LogP contribution in [0.2, 0.25) is 0 Å². The van der Waals surface area contributed by atoms with Gasteiger partial charge in [0, 0.05) is 13.6 Å². The molecule has 0 aromatic heterocycles. The number of ether oxygens (including phenoxy) is 1. The number of hydrogen-bond donors (Lipinski definition) is 4. The van der Waals surface area contributed by atoms with Gasteiger partial charge >= 0.3 is 12.0 Å². The third kappa shape index (κ3) is 4.60. The van der Waals surface area contributed by atoms with Gasteiger partial charge in [-0.3, -0.25) is 9.59 Å². The van der Waals surface area contributed by atoms with Crippen LogP contribution in [0.25, 0.3) is 0 Å². The highest BCUT2D eigenvalue weighted by atomic mass is 16.5. The second kappa shape index (κ2) is 7.43. The van der Waals surface area contributed by atoms with Gasteiger partial charge in [-0.25, -0.2) is 9.59 Å². The number of hydrogen-bond acceptors (Lipinski definition) is 5. The molecule has 10 heteroatoms. The maximum absolute atomic E-state index is 12.1. The summed E-state index contributed by atoms with van der Waals surface area (Å²) in [6, 6.07) is -3.06. The van der Waals surface area contributed by atoms with Crippen LogP contribution in [-0.2, 0) is 19.1 Å². The van der Waals surface area contributed by atoms with Crippen LogP contribution >= 0.6 is 0 Å². The molecule has 1 heterocycles. The first kappa shape index (κ1) is 16.7. The summed E-state index contributed by atoms with van der Waals surface area (Å²) in [4.78, 5) is 46.7. The van der Waals surface area contributed by atoms with E-state index in [1.807, 2.05) is 0 Å². The molecule has 1 aliphatic heterocycles. The molecule has 21 heavy (non-hydrogen) atoms. The molecular weight excluding hydrogens is 284 g/mol. The van der Waals surface area contributed by atoms with Crippen molar-refractivity contribution in [2.45, 2.75) is 18.5 Å². The molecule has 10 nitrogen and oxygen atoms in total. The van der Waals surface area contributed by atoms with Crippen molar-refractivity contribution in [2.24, 2.45) is 5.73 Å². The Morgan fingerprint density at radius 3 is 2.62 bits per heavy atom. The number of carboxylic acid groups (broad SMARTS) is 1. The molecule has 0 aliphatic carbocycles. The number of nitrogens with two attached hydrogens (primary N) is 1. The highest BCUT2D eigenvalue weighted by Crippen LogP contribution is 2.08. The Labute approximate surface area is 120 Å². The molecular formula is C11H18N4O6. The van der Waals surface area contributed by atoms with Crippen molar-refractivity contribution in [1.82, 2.24) is 15.5 Å². The topological polar surface area (TPSA) is 151 Å². The summed E-state index contributed by atoms with van der Waals surface area (Å²) in [7, 11) is 1.42. The second-order valence-electron chi connectivity index (χ2n) is 4.41. The Morgan fingerprint density at radius 1 is 1.43 bits per heavy atom. The minimum Gasteiger partial charge on any atom is -0.480 e. The highest BCUT2D eigenvalue weighted by molar-refractivity contribution is 5.90. The quantitative estimate of drug-likeness (QED) is 0.439. The number of likely N-dealkylation sites (N-methyl/N-ethyl adjacent to an activating group) is 1. The van der Waals surface area contributed by atoms with Gasteiger partial charge in [-0.2, -0.15) is 0 Å². The summed E-state index contributed by atoms with van der Waals surface area (Å²) in [6.45, 7) is 0.377. The standard InChI is InChI=1S/C11H18N4O6/c1-13-9(17)7-5-21-3-2-15(7)11(20)14-6(10(18)19)4-8(12)16/h6-7H,2-5H2,1H3,(H2,12,16)(H,13,17)(H,14,20)(H,18,19)/t6-,7?/m0/s1. The molecule has 1 rings (SSSR count). The van der Waals surface area contributed by atoms with Crippen LogP contribution in [-0.4, -0.2) is 72.7 Å². The smallest absolute Gasteiger partial charge is 0.326 e. The van der Waals surface area contributed by atoms with E-state index in [1.54, 1.807) is 0 Å². The first-order valence-electron chi connectivity index (χ1n) is 6.24. The van der Waals surface area contributed by atoms with Crippen molar-refractivity contribution in [3.63, 3.8) is 0 Å². The molecule has 1 fully saturated rings. The molecule has 2 atom stereocenters. The number of rotatable bonds is 5. The Bertz CT molecular complexity index is 440. The highest BCUT2D eigenvalue weighted by Gasteiger charge is 2.34. The number of aliphatic carboxylic acids is 1. The van der Waals surface area contributed by atoms with E-state index in [-0.39, 0.29) is 19.8 Å². The average molecular weight is 302 g/mol. The minimum atomic E-state index is -1.44. The molecule has 0 saturated carbocycles. The Hall–Kier alpha value is -2.36. The number of morpholine rings is 1. The van der Waals surface area contributed by atoms with Crippen LogP contribution in [0.4, 0.5) is 4.79 Å². The van der Waals surface area contributed by atoms with Crippen LogP contribution in [0.3, 0.4) is 0 Å². The largest absolute Gasteiger partial charge is 0.480 e. The first-order valence-corrected chi connectivity index (χ1v) is 6.24. The lowest BCUT2D eigenvalue weighted by atomic mass is 10.2. The van der Waals surface area contributed by atoms with E-state index in [9.17, 15) is 19.2 Å². The van der Waals surface area contributed by atoms with E-state index in [0.717, 1.165) is 0 Å². The van der Waals surface area contributed by atoms with Gasteiger partial charge in [0.1, 0.15) is 12.1 Å². The molecule has 0 radical (unpaired) electrons. The fourth-order valence-corrected chi connectivity index (χ4v) is 1.86. The van der Waals surface area contributed by atoms with Gasteiger partial charge in [0.15, 0.2) is 0 Å². The van der Waals surface area contributed by atoms with Crippen LogP contribution in [0, 0.1) is 0 Å². The Morgan fingerprint density at radius 2 is 2.10 bits per heavy atom. The fourth-order valence-electron chi connectivity index (χ4n) is 1.86. The number of carboxylic acids is 1. The van der Waals surface area contributed by atoms with Crippen LogP contribution in [0.15, 0.2) is 0 Å². The number of carbonyl (C=O) groups is 4. The Kier molecular flexibility index (Phi) is 5.91. The first-order chi connectivity index (χ1) is 9.86. The summed E-state index contributed by atoms with van der Waals surface area (Å²) in [6.07, 6.45) is -0.532. The normalized spacial score (nSPS) is 19.5. The van der Waals surface area contributed by atoms with Crippen molar-refractivity contribution in [3.8, 4) is 0 Å². The molecule has 0 aromatic carbocycles. The van der Waals surface area contributed by atoms with Crippen molar-refractivity contribution in [3.05, 3.63) is 0 Å². The van der Waals surface area contributed by atoms with E-state index < -0.39 is 42.3 Å². The van der Waals surface area contributed by atoms with Crippen molar-refractivity contribution in [1.29, 1.82) is 0 Å². The molecule has 1 unspecified atom stereocenters. The molecule has 0 bridgehead atoms. The number of primary amides is 1. The second-order valence-corrected chi connectivity index (χ2v) is 4.41. The lowest BCUT2D eigenvalue weighted by Gasteiger charge is -2.34. The zero-order valence-electron chi connectivity index (χ0n) is 11.5. The molecule has 0 aromatic rings. The minimum absolute atomic E-state index is 0.0145. The molecule has 1 saturated heterocycles. The number of nitrogens with zero attached hydrogens (tertiary/aromatic N) is 1. The monoisotopic (exact) mass is 302 g/mol. The third-order valence-electron chi connectivity index (χ3n) is 2.94.